The van der Waals surface area contributed by atoms with E-state index in [9.17, 15) is 0 Å². The number of hydrogen-bond donors (Lipinski definition) is 1. The van der Waals surface area contributed by atoms with Crippen LogP contribution in [0.4, 0.5) is 0 Å². The van der Waals surface area contributed by atoms with E-state index in [2.05, 4.69) is 26.0 Å². The van der Waals surface area contributed by atoms with Crippen molar-refractivity contribution in [3.05, 3.63) is 34.9 Å². The summed E-state index contributed by atoms with van der Waals surface area (Å²) in [6, 6.07) is 8.18. The van der Waals surface area contributed by atoms with Gasteiger partial charge in [0, 0.05) is 17.0 Å². The first kappa shape index (κ1) is 12.9. The first-order chi connectivity index (χ1) is 8.11. The lowest BCUT2D eigenvalue weighted by Crippen LogP contribution is -2.53. The summed E-state index contributed by atoms with van der Waals surface area (Å²) in [5.41, 5.74) is 7.92. The molecule has 0 aromatic heterocycles. The van der Waals surface area contributed by atoms with E-state index in [1.807, 2.05) is 12.1 Å². The van der Waals surface area contributed by atoms with Crippen LogP contribution in [0.3, 0.4) is 0 Å². The topological polar surface area (TPSA) is 26.0 Å². The summed E-state index contributed by atoms with van der Waals surface area (Å²) < 4.78 is 0. The second kappa shape index (κ2) is 4.62. The third-order valence-corrected chi connectivity index (χ3v) is 5.09. The average Bonchev–Trinajstić information content (AvgIpc) is 2.32. The van der Waals surface area contributed by atoms with E-state index in [4.69, 9.17) is 17.3 Å². The van der Waals surface area contributed by atoms with Crippen LogP contribution < -0.4 is 5.73 Å². The third-order valence-electron chi connectivity index (χ3n) is 4.76. The fraction of sp³-hybridized carbons (Fsp3) is 0.600. The van der Waals surface area contributed by atoms with Gasteiger partial charge in [-0.3, -0.25) is 0 Å². The Morgan fingerprint density at radius 1 is 1.18 bits per heavy atom. The van der Waals surface area contributed by atoms with Gasteiger partial charge in [-0.15, -0.1) is 0 Å². The quantitative estimate of drug-likeness (QED) is 0.855. The highest BCUT2D eigenvalue weighted by molar-refractivity contribution is 6.31. The molecule has 1 fully saturated rings. The van der Waals surface area contributed by atoms with E-state index in [-0.39, 0.29) is 5.41 Å². The van der Waals surface area contributed by atoms with Gasteiger partial charge in [0.25, 0.3) is 0 Å². The van der Waals surface area contributed by atoms with E-state index in [0.717, 1.165) is 5.02 Å². The molecule has 1 saturated carbocycles. The summed E-state index contributed by atoms with van der Waals surface area (Å²) in [7, 11) is 0. The molecule has 0 radical (unpaired) electrons. The number of nitrogens with two attached hydrogens (primary N) is 1. The normalized spacial score (nSPS) is 20.9. The lowest BCUT2D eigenvalue weighted by atomic mass is 9.48. The Morgan fingerprint density at radius 2 is 1.76 bits per heavy atom. The van der Waals surface area contributed by atoms with Crippen LogP contribution >= 0.6 is 11.6 Å². The molecule has 2 rings (SSSR count). The van der Waals surface area contributed by atoms with Crippen LogP contribution in [0.2, 0.25) is 5.02 Å². The second-order valence-corrected chi connectivity index (χ2v) is 5.93. The summed E-state index contributed by atoms with van der Waals surface area (Å²) in [6.45, 7) is 5.28. The van der Waals surface area contributed by atoms with Crippen LogP contribution in [0, 0.1) is 5.41 Å². The third kappa shape index (κ3) is 2.00. The van der Waals surface area contributed by atoms with Crippen LogP contribution in [0.15, 0.2) is 24.3 Å². The number of hydrogen-bond acceptors (Lipinski definition) is 1. The standard InChI is InChI=1S/C15H22ClN/c1-3-14(4-2)9-15(10-14,11-17)12-7-5-6-8-13(12)16/h5-8H,3-4,9-11,17H2,1-2H3. The zero-order chi connectivity index (χ0) is 12.5. The van der Waals surface area contributed by atoms with Crippen molar-refractivity contribution in [2.75, 3.05) is 6.54 Å². The van der Waals surface area contributed by atoms with Gasteiger partial charge in [0.05, 0.1) is 0 Å². The lowest BCUT2D eigenvalue weighted by molar-refractivity contribution is 0.0183. The maximum absolute atomic E-state index is 6.32. The van der Waals surface area contributed by atoms with Crippen molar-refractivity contribution >= 4 is 11.6 Å². The van der Waals surface area contributed by atoms with E-state index < -0.39 is 0 Å². The second-order valence-electron chi connectivity index (χ2n) is 5.52. The summed E-state index contributed by atoms with van der Waals surface area (Å²) in [5.74, 6) is 0. The molecule has 0 unspecified atom stereocenters. The molecule has 0 bridgehead atoms. The van der Waals surface area contributed by atoms with Crippen LogP contribution in [-0.2, 0) is 5.41 Å². The van der Waals surface area contributed by atoms with Crippen LogP contribution in [0.25, 0.3) is 0 Å². The molecule has 1 aliphatic carbocycles. The van der Waals surface area contributed by atoms with Crippen molar-refractivity contribution in [2.45, 2.75) is 44.9 Å². The van der Waals surface area contributed by atoms with Crippen LogP contribution in [0.1, 0.15) is 45.1 Å². The van der Waals surface area contributed by atoms with Crippen LogP contribution in [0.5, 0.6) is 0 Å². The van der Waals surface area contributed by atoms with E-state index in [1.54, 1.807) is 0 Å². The Morgan fingerprint density at radius 3 is 2.24 bits per heavy atom. The van der Waals surface area contributed by atoms with Gasteiger partial charge >= 0.3 is 0 Å². The SMILES string of the molecule is CCC1(CC)CC(CN)(c2ccccc2Cl)C1. The Kier molecular flexibility index (Phi) is 3.51. The molecule has 0 saturated heterocycles. The molecule has 94 valence electrons. The van der Waals surface area contributed by atoms with E-state index in [1.165, 1.54) is 31.2 Å². The molecule has 0 heterocycles. The van der Waals surface area contributed by atoms with Gasteiger partial charge in [0.15, 0.2) is 0 Å². The predicted octanol–water partition coefficient (Wildman–Crippen LogP) is 4.14. The fourth-order valence-corrected chi connectivity index (χ4v) is 3.81. The molecule has 0 amide bonds. The Bertz CT molecular complexity index is 388. The molecule has 1 aromatic carbocycles. The minimum absolute atomic E-state index is 0.129. The van der Waals surface area contributed by atoms with Gasteiger partial charge in [-0.05, 0) is 29.9 Å². The van der Waals surface area contributed by atoms with Crippen molar-refractivity contribution in [1.82, 2.24) is 0 Å². The summed E-state index contributed by atoms with van der Waals surface area (Å²) in [6.07, 6.45) is 4.87. The predicted molar refractivity (Wildman–Crippen MR) is 74.4 cm³/mol. The van der Waals surface area contributed by atoms with Gasteiger partial charge < -0.3 is 5.73 Å². The molecule has 1 aliphatic rings. The monoisotopic (exact) mass is 251 g/mol. The van der Waals surface area contributed by atoms with Gasteiger partial charge in [0.1, 0.15) is 0 Å². The zero-order valence-electron chi connectivity index (χ0n) is 10.8. The van der Waals surface area contributed by atoms with Crippen molar-refractivity contribution in [3.8, 4) is 0 Å². The molecule has 1 nitrogen and oxygen atoms in total. The molecule has 1 aromatic rings. The number of halogens is 1. The summed E-state index contributed by atoms with van der Waals surface area (Å²) in [5, 5.41) is 0.874. The number of benzene rings is 1. The largest absolute Gasteiger partial charge is 0.330 e. The van der Waals surface area contributed by atoms with Gasteiger partial charge in [0.2, 0.25) is 0 Å². The van der Waals surface area contributed by atoms with E-state index >= 15 is 0 Å². The highest BCUT2D eigenvalue weighted by atomic mass is 35.5. The molecular formula is C15H22ClN. The Hall–Kier alpha value is -0.530. The molecule has 2 heteroatoms. The van der Waals surface area contributed by atoms with Crippen LogP contribution in [-0.4, -0.2) is 6.54 Å². The smallest absolute Gasteiger partial charge is 0.0444 e. The molecule has 0 aliphatic heterocycles. The minimum atomic E-state index is 0.129. The first-order valence-corrected chi connectivity index (χ1v) is 6.94. The minimum Gasteiger partial charge on any atom is -0.330 e. The Labute approximate surface area is 109 Å². The zero-order valence-corrected chi connectivity index (χ0v) is 11.6. The lowest BCUT2D eigenvalue weighted by Gasteiger charge is -2.56. The van der Waals surface area contributed by atoms with Gasteiger partial charge in [-0.25, -0.2) is 0 Å². The molecule has 0 spiro atoms. The molecule has 17 heavy (non-hydrogen) atoms. The highest BCUT2D eigenvalue weighted by Gasteiger charge is 2.52. The fourth-order valence-electron chi connectivity index (χ4n) is 3.47. The number of rotatable bonds is 4. The van der Waals surface area contributed by atoms with E-state index in [0.29, 0.717) is 12.0 Å². The van der Waals surface area contributed by atoms with Crippen molar-refractivity contribution < 1.29 is 0 Å². The summed E-state index contributed by atoms with van der Waals surface area (Å²) in [4.78, 5) is 0. The summed E-state index contributed by atoms with van der Waals surface area (Å²) >= 11 is 6.32. The maximum Gasteiger partial charge on any atom is 0.0444 e. The maximum atomic E-state index is 6.32. The molecule has 0 atom stereocenters. The van der Waals surface area contributed by atoms with Gasteiger partial charge in [-0.1, -0.05) is 56.5 Å². The van der Waals surface area contributed by atoms with Crippen molar-refractivity contribution in [2.24, 2.45) is 11.1 Å². The van der Waals surface area contributed by atoms with Crippen molar-refractivity contribution in [1.29, 1.82) is 0 Å². The van der Waals surface area contributed by atoms with Crippen molar-refractivity contribution in [3.63, 3.8) is 0 Å². The molecule has 2 N–H and O–H groups in total. The Balaban J connectivity index is 2.28. The average molecular weight is 252 g/mol. The molecular weight excluding hydrogens is 230 g/mol. The van der Waals surface area contributed by atoms with Gasteiger partial charge in [-0.2, -0.15) is 0 Å². The first-order valence-electron chi connectivity index (χ1n) is 6.56. The highest BCUT2D eigenvalue weighted by Crippen LogP contribution is 2.59.